The van der Waals surface area contributed by atoms with Crippen LogP contribution >= 0.6 is 24.0 Å². The lowest BCUT2D eigenvalue weighted by Gasteiger charge is -2.34. The monoisotopic (exact) mass is 527 g/mol. The SMILES string of the molecule is CCNC(=NCC1(c2ccccc2)CCCC1)NCC(C)CN1CCN(C)CC1.I. The van der Waals surface area contributed by atoms with Gasteiger partial charge in [-0.3, -0.25) is 4.99 Å². The van der Waals surface area contributed by atoms with Crippen molar-refractivity contribution >= 4 is 29.9 Å². The number of nitrogens with one attached hydrogen (secondary N) is 2. The van der Waals surface area contributed by atoms with Crippen LogP contribution in [0.3, 0.4) is 0 Å². The van der Waals surface area contributed by atoms with Crippen molar-refractivity contribution in [2.75, 3.05) is 59.4 Å². The summed E-state index contributed by atoms with van der Waals surface area (Å²) in [5.74, 6) is 1.58. The molecule has 1 heterocycles. The fraction of sp³-hybridized carbons (Fsp3) is 0.708. The van der Waals surface area contributed by atoms with Crippen molar-refractivity contribution in [1.29, 1.82) is 0 Å². The first-order chi connectivity index (χ1) is 14.1. The van der Waals surface area contributed by atoms with Gasteiger partial charge in [0.05, 0.1) is 6.54 Å². The minimum Gasteiger partial charge on any atom is -0.357 e. The fourth-order valence-electron chi connectivity index (χ4n) is 4.76. The summed E-state index contributed by atoms with van der Waals surface area (Å²) in [6.45, 7) is 13.1. The van der Waals surface area contributed by atoms with Crippen LogP contribution in [-0.4, -0.2) is 75.2 Å². The number of hydrogen-bond donors (Lipinski definition) is 2. The molecule has 1 aliphatic carbocycles. The van der Waals surface area contributed by atoms with Crippen LogP contribution in [0.5, 0.6) is 0 Å². The third-order valence-corrected chi connectivity index (χ3v) is 6.61. The van der Waals surface area contributed by atoms with Crippen LogP contribution in [0.1, 0.15) is 45.1 Å². The Labute approximate surface area is 201 Å². The summed E-state index contributed by atoms with van der Waals surface area (Å²) in [5, 5.41) is 7.07. The van der Waals surface area contributed by atoms with Gasteiger partial charge in [-0.1, -0.05) is 50.1 Å². The third kappa shape index (κ3) is 7.38. The largest absolute Gasteiger partial charge is 0.357 e. The average molecular weight is 528 g/mol. The van der Waals surface area contributed by atoms with Gasteiger partial charge in [0.1, 0.15) is 0 Å². The molecular formula is C24H42IN5. The minimum absolute atomic E-state index is 0. The van der Waals surface area contributed by atoms with E-state index in [2.05, 4.69) is 71.7 Å². The molecule has 0 aromatic heterocycles. The van der Waals surface area contributed by atoms with Crippen molar-refractivity contribution in [2.24, 2.45) is 10.9 Å². The summed E-state index contributed by atoms with van der Waals surface area (Å²) in [6.07, 6.45) is 5.13. The number of aliphatic imine (C=N–C) groups is 1. The van der Waals surface area contributed by atoms with Crippen molar-refractivity contribution < 1.29 is 0 Å². The highest BCUT2D eigenvalue weighted by Gasteiger charge is 2.35. The van der Waals surface area contributed by atoms with Crippen molar-refractivity contribution in [2.45, 2.75) is 44.9 Å². The maximum atomic E-state index is 5.05. The molecule has 6 heteroatoms. The van der Waals surface area contributed by atoms with Crippen LogP contribution in [-0.2, 0) is 5.41 Å². The molecule has 0 amide bonds. The molecule has 1 aromatic carbocycles. The van der Waals surface area contributed by atoms with Gasteiger partial charge < -0.3 is 20.4 Å². The second-order valence-electron chi connectivity index (χ2n) is 9.14. The van der Waals surface area contributed by atoms with E-state index in [1.54, 1.807) is 0 Å². The molecule has 30 heavy (non-hydrogen) atoms. The highest BCUT2D eigenvalue weighted by molar-refractivity contribution is 14.0. The molecule has 0 spiro atoms. The molecule has 1 aromatic rings. The molecule has 0 radical (unpaired) electrons. The van der Waals surface area contributed by atoms with Gasteiger partial charge in [0.25, 0.3) is 0 Å². The lowest BCUT2D eigenvalue weighted by Crippen LogP contribution is -2.47. The second-order valence-corrected chi connectivity index (χ2v) is 9.14. The predicted octanol–water partition coefficient (Wildman–Crippen LogP) is 3.56. The molecular weight excluding hydrogens is 485 g/mol. The van der Waals surface area contributed by atoms with E-state index in [0.717, 1.165) is 32.1 Å². The third-order valence-electron chi connectivity index (χ3n) is 6.61. The zero-order chi connectivity index (χ0) is 20.5. The number of benzene rings is 1. The van der Waals surface area contributed by atoms with E-state index in [9.17, 15) is 0 Å². The lowest BCUT2D eigenvalue weighted by molar-refractivity contribution is 0.139. The normalized spacial score (nSPS) is 21.1. The highest BCUT2D eigenvalue weighted by Crippen LogP contribution is 2.41. The summed E-state index contributed by atoms with van der Waals surface area (Å²) in [5.41, 5.74) is 1.68. The summed E-state index contributed by atoms with van der Waals surface area (Å²) in [7, 11) is 2.22. The predicted molar refractivity (Wildman–Crippen MR) is 139 cm³/mol. The number of nitrogens with zero attached hydrogens (tertiary/aromatic N) is 3. The standard InChI is InChI=1S/C24H41N5.HI/c1-4-25-23(26-18-21(2)19-29-16-14-28(3)15-17-29)27-20-24(12-8-9-13-24)22-10-6-5-7-11-22;/h5-7,10-11,21H,4,8-9,12-20H2,1-3H3,(H2,25,26,27);1H. The molecule has 2 N–H and O–H groups in total. The molecule has 5 nitrogen and oxygen atoms in total. The Hall–Kier alpha value is -0.860. The smallest absolute Gasteiger partial charge is 0.191 e. The van der Waals surface area contributed by atoms with Crippen LogP contribution < -0.4 is 10.6 Å². The number of rotatable bonds is 8. The van der Waals surface area contributed by atoms with Gasteiger partial charge in [-0.2, -0.15) is 0 Å². The Morgan fingerprint density at radius 1 is 1.07 bits per heavy atom. The van der Waals surface area contributed by atoms with Crippen LogP contribution in [0.15, 0.2) is 35.3 Å². The first kappa shape index (κ1) is 25.4. The van der Waals surface area contributed by atoms with Crippen molar-refractivity contribution in [3.8, 4) is 0 Å². The molecule has 170 valence electrons. The van der Waals surface area contributed by atoms with E-state index in [-0.39, 0.29) is 29.4 Å². The zero-order valence-electron chi connectivity index (χ0n) is 19.2. The Kier molecular flexibility index (Phi) is 10.9. The van der Waals surface area contributed by atoms with Gasteiger partial charge in [-0.25, -0.2) is 0 Å². The molecule has 2 fully saturated rings. The Morgan fingerprint density at radius 2 is 1.73 bits per heavy atom. The van der Waals surface area contributed by atoms with Crippen LogP contribution in [0.25, 0.3) is 0 Å². The fourth-order valence-corrected chi connectivity index (χ4v) is 4.76. The Morgan fingerprint density at radius 3 is 2.37 bits per heavy atom. The van der Waals surface area contributed by atoms with Crippen molar-refractivity contribution in [3.05, 3.63) is 35.9 Å². The molecule has 3 rings (SSSR count). The summed E-state index contributed by atoms with van der Waals surface area (Å²) >= 11 is 0. The van der Waals surface area contributed by atoms with Gasteiger partial charge >= 0.3 is 0 Å². The number of hydrogen-bond acceptors (Lipinski definition) is 3. The average Bonchev–Trinajstić information content (AvgIpc) is 3.23. The van der Waals surface area contributed by atoms with Crippen LogP contribution in [0, 0.1) is 5.92 Å². The van der Waals surface area contributed by atoms with Crippen molar-refractivity contribution in [1.82, 2.24) is 20.4 Å². The Bertz CT molecular complexity index is 622. The molecule has 2 aliphatic rings. The van der Waals surface area contributed by atoms with E-state index in [0.29, 0.717) is 5.92 Å². The van der Waals surface area contributed by atoms with Gasteiger partial charge in [0.2, 0.25) is 0 Å². The quantitative estimate of drug-likeness (QED) is 0.309. The van der Waals surface area contributed by atoms with E-state index in [1.165, 1.54) is 57.4 Å². The van der Waals surface area contributed by atoms with Crippen LogP contribution in [0.2, 0.25) is 0 Å². The van der Waals surface area contributed by atoms with E-state index >= 15 is 0 Å². The molecule has 1 aliphatic heterocycles. The van der Waals surface area contributed by atoms with E-state index < -0.39 is 0 Å². The molecule has 0 bridgehead atoms. The first-order valence-corrected chi connectivity index (χ1v) is 11.6. The minimum atomic E-state index is 0. The molecule has 1 atom stereocenters. The van der Waals surface area contributed by atoms with Gasteiger partial charge in [0.15, 0.2) is 5.96 Å². The number of likely N-dealkylation sites (N-methyl/N-ethyl adjacent to an activating group) is 1. The molecule has 1 unspecified atom stereocenters. The van der Waals surface area contributed by atoms with E-state index in [4.69, 9.17) is 4.99 Å². The maximum absolute atomic E-state index is 5.05. The van der Waals surface area contributed by atoms with Crippen LogP contribution in [0.4, 0.5) is 0 Å². The Balaban J connectivity index is 0.00000320. The summed E-state index contributed by atoms with van der Waals surface area (Å²) in [6, 6.07) is 11.0. The first-order valence-electron chi connectivity index (χ1n) is 11.6. The highest BCUT2D eigenvalue weighted by atomic mass is 127. The van der Waals surface area contributed by atoms with E-state index in [1.807, 2.05) is 0 Å². The number of guanidine groups is 1. The van der Waals surface area contributed by atoms with Gasteiger partial charge in [0, 0.05) is 51.2 Å². The van der Waals surface area contributed by atoms with Crippen molar-refractivity contribution in [3.63, 3.8) is 0 Å². The second kappa shape index (κ2) is 12.9. The summed E-state index contributed by atoms with van der Waals surface area (Å²) < 4.78 is 0. The van der Waals surface area contributed by atoms with Gasteiger partial charge in [-0.05, 0) is 38.3 Å². The summed E-state index contributed by atoms with van der Waals surface area (Å²) in [4.78, 5) is 10.1. The topological polar surface area (TPSA) is 42.9 Å². The number of piperazine rings is 1. The lowest BCUT2D eigenvalue weighted by atomic mass is 9.79. The maximum Gasteiger partial charge on any atom is 0.191 e. The number of halogens is 1. The zero-order valence-corrected chi connectivity index (χ0v) is 21.5. The molecule has 1 saturated carbocycles. The molecule has 1 saturated heterocycles. The van der Waals surface area contributed by atoms with Gasteiger partial charge in [-0.15, -0.1) is 24.0 Å².